The Labute approximate surface area is 156 Å². The van der Waals surface area contributed by atoms with E-state index in [4.69, 9.17) is 5.73 Å². The molecule has 0 bridgehead atoms. The van der Waals surface area contributed by atoms with Gasteiger partial charge >= 0.3 is 0 Å². The highest BCUT2D eigenvalue weighted by atomic mass is 32.2. The van der Waals surface area contributed by atoms with Crippen molar-refractivity contribution < 1.29 is 9.59 Å². The van der Waals surface area contributed by atoms with E-state index in [-0.39, 0.29) is 5.91 Å². The van der Waals surface area contributed by atoms with Gasteiger partial charge in [-0.15, -0.1) is 11.8 Å². The van der Waals surface area contributed by atoms with E-state index in [2.05, 4.69) is 17.4 Å². The van der Waals surface area contributed by atoms with Crippen LogP contribution in [0.15, 0.2) is 83.8 Å². The third kappa shape index (κ3) is 4.52. The molecule has 0 aliphatic heterocycles. The SMILES string of the molecule is NC(=O)c1ccc(NC(=O)c2ccccc2SCc2ccccc2)cc1. The first-order valence-corrected chi connectivity index (χ1v) is 9.09. The highest BCUT2D eigenvalue weighted by Crippen LogP contribution is 2.27. The van der Waals surface area contributed by atoms with Gasteiger partial charge in [0.25, 0.3) is 5.91 Å². The van der Waals surface area contributed by atoms with Gasteiger partial charge in [-0.25, -0.2) is 0 Å². The lowest BCUT2D eigenvalue weighted by atomic mass is 10.1. The van der Waals surface area contributed by atoms with Crippen molar-refractivity contribution in [3.05, 3.63) is 95.6 Å². The number of thioether (sulfide) groups is 1. The first-order valence-electron chi connectivity index (χ1n) is 8.10. The lowest BCUT2D eigenvalue weighted by Gasteiger charge is -2.10. The van der Waals surface area contributed by atoms with Crippen LogP contribution in [-0.4, -0.2) is 11.8 Å². The van der Waals surface area contributed by atoms with Crippen LogP contribution in [0, 0.1) is 0 Å². The van der Waals surface area contributed by atoms with Gasteiger partial charge in [0.1, 0.15) is 0 Å². The number of hydrogen-bond acceptors (Lipinski definition) is 3. The van der Waals surface area contributed by atoms with Crippen molar-refractivity contribution in [2.45, 2.75) is 10.6 Å². The summed E-state index contributed by atoms with van der Waals surface area (Å²) in [6, 6.07) is 24.2. The molecule has 3 rings (SSSR count). The Morgan fingerprint density at radius 2 is 1.50 bits per heavy atom. The molecule has 130 valence electrons. The molecule has 0 aliphatic carbocycles. The van der Waals surface area contributed by atoms with E-state index < -0.39 is 5.91 Å². The first-order chi connectivity index (χ1) is 12.6. The average Bonchev–Trinajstić information content (AvgIpc) is 2.68. The maximum Gasteiger partial charge on any atom is 0.256 e. The van der Waals surface area contributed by atoms with E-state index in [1.165, 1.54) is 5.56 Å². The Kier molecular flexibility index (Phi) is 5.71. The fraction of sp³-hybridized carbons (Fsp3) is 0.0476. The predicted molar refractivity (Wildman–Crippen MR) is 105 cm³/mol. The van der Waals surface area contributed by atoms with Gasteiger partial charge in [0.2, 0.25) is 5.91 Å². The molecule has 26 heavy (non-hydrogen) atoms. The minimum atomic E-state index is -0.495. The predicted octanol–water partition coefficient (Wildman–Crippen LogP) is 4.33. The molecule has 0 saturated carbocycles. The molecule has 0 heterocycles. The van der Waals surface area contributed by atoms with Crippen LogP contribution in [-0.2, 0) is 5.75 Å². The number of rotatable bonds is 6. The summed E-state index contributed by atoms with van der Waals surface area (Å²) in [5.74, 6) is 0.108. The quantitative estimate of drug-likeness (QED) is 0.641. The fourth-order valence-corrected chi connectivity index (χ4v) is 3.44. The van der Waals surface area contributed by atoms with Crippen molar-refractivity contribution in [2.24, 2.45) is 5.73 Å². The average molecular weight is 362 g/mol. The Bertz CT molecular complexity index is 909. The maximum atomic E-state index is 12.6. The number of benzene rings is 3. The van der Waals surface area contributed by atoms with E-state index in [0.717, 1.165) is 10.6 Å². The van der Waals surface area contributed by atoms with Crippen molar-refractivity contribution in [1.82, 2.24) is 0 Å². The van der Waals surface area contributed by atoms with Gasteiger partial charge in [-0.2, -0.15) is 0 Å². The van der Waals surface area contributed by atoms with Gasteiger partial charge in [-0.1, -0.05) is 42.5 Å². The van der Waals surface area contributed by atoms with Gasteiger partial charge in [0.15, 0.2) is 0 Å². The second-order valence-electron chi connectivity index (χ2n) is 5.67. The van der Waals surface area contributed by atoms with Crippen LogP contribution >= 0.6 is 11.8 Å². The van der Waals surface area contributed by atoms with E-state index >= 15 is 0 Å². The highest BCUT2D eigenvalue weighted by molar-refractivity contribution is 7.98. The van der Waals surface area contributed by atoms with Crippen molar-refractivity contribution in [1.29, 1.82) is 0 Å². The van der Waals surface area contributed by atoms with Crippen molar-refractivity contribution in [2.75, 3.05) is 5.32 Å². The molecular formula is C21H18N2O2S. The van der Waals surface area contributed by atoms with Gasteiger partial charge in [0.05, 0.1) is 5.56 Å². The lowest BCUT2D eigenvalue weighted by Crippen LogP contribution is -2.14. The van der Waals surface area contributed by atoms with Crippen LogP contribution in [0.1, 0.15) is 26.3 Å². The van der Waals surface area contributed by atoms with Crippen LogP contribution in [0.4, 0.5) is 5.69 Å². The number of nitrogens with two attached hydrogens (primary N) is 1. The summed E-state index contributed by atoms with van der Waals surface area (Å²) in [6.07, 6.45) is 0. The van der Waals surface area contributed by atoms with E-state index in [1.54, 1.807) is 42.1 Å². The van der Waals surface area contributed by atoms with Gasteiger partial charge < -0.3 is 11.1 Å². The topological polar surface area (TPSA) is 72.2 Å². The van der Waals surface area contributed by atoms with Gasteiger partial charge in [0, 0.05) is 21.9 Å². The summed E-state index contributed by atoms with van der Waals surface area (Å²) >= 11 is 1.62. The molecule has 0 aromatic heterocycles. The summed E-state index contributed by atoms with van der Waals surface area (Å²) in [5.41, 5.74) is 8.07. The molecule has 3 aromatic carbocycles. The second-order valence-corrected chi connectivity index (χ2v) is 6.68. The normalized spacial score (nSPS) is 10.3. The zero-order chi connectivity index (χ0) is 18.4. The fourth-order valence-electron chi connectivity index (χ4n) is 2.43. The van der Waals surface area contributed by atoms with Crippen molar-refractivity contribution in [3.63, 3.8) is 0 Å². The number of anilines is 1. The first kappa shape index (κ1) is 17.8. The minimum absolute atomic E-state index is 0.187. The van der Waals surface area contributed by atoms with Crippen LogP contribution in [0.5, 0.6) is 0 Å². The summed E-state index contributed by atoms with van der Waals surface area (Å²) < 4.78 is 0. The molecule has 0 saturated heterocycles. The van der Waals surface area contributed by atoms with Crippen molar-refractivity contribution >= 4 is 29.3 Å². The van der Waals surface area contributed by atoms with Crippen molar-refractivity contribution in [3.8, 4) is 0 Å². The van der Waals surface area contributed by atoms with Gasteiger partial charge in [-0.3, -0.25) is 9.59 Å². The smallest absolute Gasteiger partial charge is 0.256 e. The van der Waals surface area contributed by atoms with E-state index in [9.17, 15) is 9.59 Å². The highest BCUT2D eigenvalue weighted by Gasteiger charge is 2.12. The Balaban J connectivity index is 1.72. The van der Waals surface area contributed by atoms with E-state index in [0.29, 0.717) is 16.8 Å². The van der Waals surface area contributed by atoms with Crippen LogP contribution in [0.25, 0.3) is 0 Å². The Morgan fingerprint density at radius 3 is 2.19 bits per heavy atom. The lowest BCUT2D eigenvalue weighted by molar-refractivity contribution is 0.0998. The number of carbonyl (C=O) groups is 2. The molecule has 0 unspecified atom stereocenters. The largest absolute Gasteiger partial charge is 0.366 e. The molecule has 0 fully saturated rings. The number of carbonyl (C=O) groups excluding carboxylic acids is 2. The maximum absolute atomic E-state index is 12.6. The summed E-state index contributed by atoms with van der Waals surface area (Å²) in [4.78, 5) is 24.7. The molecule has 0 radical (unpaired) electrons. The monoisotopic (exact) mass is 362 g/mol. The second kappa shape index (κ2) is 8.36. The standard InChI is InChI=1S/C21H18N2O2S/c22-20(24)16-10-12-17(13-11-16)23-21(25)18-8-4-5-9-19(18)26-14-15-6-2-1-3-7-15/h1-13H,14H2,(H2,22,24)(H,23,25). The molecule has 4 nitrogen and oxygen atoms in total. The third-order valence-corrected chi connectivity index (χ3v) is 4.94. The Hall–Kier alpha value is -3.05. The summed E-state index contributed by atoms with van der Waals surface area (Å²) in [5, 5.41) is 2.86. The molecule has 0 spiro atoms. The summed E-state index contributed by atoms with van der Waals surface area (Å²) in [7, 11) is 0. The molecule has 0 atom stereocenters. The molecule has 0 aliphatic rings. The zero-order valence-corrected chi connectivity index (χ0v) is 14.8. The molecule has 5 heteroatoms. The number of nitrogens with one attached hydrogen (secondary N) is 1. The summed E-state index contributed by atoms with van der Waals surface area (Å²) in [6.45, 7) is 0. The van der Waals surface area contributed by atoms with E-state index in [1.807, 2.05) is 36.4 Å². The third-order valence-electron chi connectivity index (χ3n) is 3.80. The number of amides is 2. The molecule has 3 aromatic rings. The van der Waals surface area contributed by atoms with Crippen LogP contribution in [0.2, 0.25) is 0 Å². The molecule has 3 N–H and O–H groups in total. The van der Waals surface area contributed by atoms with Gasteiger partial charge in [-0.05, 0) is 42.0 Å². The number of hydrogen-bond donors (Lipinski definition) is 2. The van der Waals surface area contributed by atoms with Crippen LogP contribution < -0.4 is 11.1 Å². The Morgan fingerprint density at radius 1 is 0.846 bits per heavy atom. The zero-order valence-electron chi connectivity index (χ0n) is 14.0. The molecule has 2 amide bonds. The van der Waals surface area contributed by atoms with Crippen LogP contribution in [0.3, 0.4) is 0 Å². The molecular weight excluding hydrogens is 344 g/mol. The minimum Gasteiger partial charge on any atom is -0.366 e. The number of primary amides is 1.